The van der Waals surface area contributed by atoms with Gasteiger partial charge in [0.1, 0.15) is 0 Å². The molecule has 142 valence electrons. The van der Waals surface area contributed by atoms with E-state index in [1.165, 1.54) is 27.9 Å². The van der Waals surface area contributed by atoms with Crippen molar-refractivity contribution < 1.29 is 24.7 Å². The molecule has 0 heterocycles. The Morgan fingerprint density at radius 3 is 1.76 bits per heavy atom. The van der Waals surface area contributed by atoms with E-state index in [9.17, 15) is 0 Å². The molecule has 0 bridgehead atoms. The van der Waals surface area contributed by atoms with E-state index >= 15 is 0 Å². The van der Waals surface area contributed by atoms with Crippen molar-refractivity contribution in [1.29, 1.82) is 0 Å². The van der Waals surface area contributed by atoms with Gasteiger partial charge < -0.3 is 0 Å². The third kappa shape index (κ3) is 9.95. The molecular formula is C24H39At. The van der Waals surface area contributed by atoms with E-state index in [4.69, 9.17) is 0 Å². The normalized spacial score (nSPS) is 13.4. The van der Waals surface area contributed by atoms with Crippen molar-refractivity contribution >= 4 is 0 Å². The summed E-state index contributed by atoms with van der Waals surface area (Å²) < 4.78 is 2.06. The summed E-state index contributed by atoms with van der Waals surface area (Å²) in [6.07, 6.45) is 13.2. The molecule has 0 spiro atoms. The van der Waals surface area contributed by atoms with E-state index in [0.29, 0.717) is 5.92 Å². The van der Waals surface area contributed by atoms with Gasteiger partial charge in [-0.05, 0) is 47.1 Å². The van der Waals surface area contributed by atoms with Gasteiger partial charge in [-0.3, -0.25) is 0 Å². The fraction of sp³-hybridized carbons (Fsp3) is 0.417. The van der Waals surface area contributed by atoms with E-state index in [2.05, 4.69) is 56.4 Å². The van der Waals surface area contributed by atoms with E-state index in [0.717, 1.165) is 6.42 Å². The monoisotopic (exact) mass is 537 g/mol. The first-order valence-corrected chi connectivity index (χ1v) is 12.1. The summed E-state index contributed by atoms with van der Waals surface area (Å²) in [5.41, 5.74) is 6.30. The molecule has 1 aliphatic carbocycles. The van der Waals surface area contributed by atoms with Gasteiger partial charge in [0.05, 0.1) is 0 Å². The maximum absolute atomic E-state index is 3.96. The number of allylic oxidation sites excluding steroid dienone is 11. The fourth-order valence-corrected chi connectivity index (χ4v) is 2.32. The molecule has 0 aromatic heterocycles. The molecule has 0 aromatic rings. The summed E-state index contributed by atoms with van der Waals surface area (Å²) in [5, 5.41) is 0. The Bertz CT molecular complexity index is 508. The first-order chi connectivity index (χ1) is 12.1. The minimum absolute atomic E-state index is 0.481. The molecule has 0 amide bonds. The molecule has 0 saturated carbocycles. The zero-order valence-corrected chi connectivity index (χ0v) is 20.7. The Kier molecular flexibility index (Phi) is 22.4. The van der Waals surface area contributed by atoms with Gasteiger partial charge in [-0.2, -0.15) is 0 Å². The number of hydrogen-bond donors (Lipinski definition) is 0. The van der Waals surface area contributed by atoms with Crippen molar-refractivity contribution in [2.24, 2.45) is 5.92 Å². The molecule has 25 heavy (non-hydrogen) atoms. The quantitative estimate of drug-likeness (QED) is 0.299. The molecular weight excluding hydrogens is 498 g/mol. The predicted octanol–water partition coefficient (Wildman–Crippen LogP) is 8.34. The molecule has 0 saturated heterocycles. The van der Waals surface area contributed by atoms with Crippen molar-refractivity contribution in [3.63, 3.8) is 0 Å². The van der Waals surface area contributed by atoms with Crippen LogP contribution in [-0.2, 0) is 0 Å². The summed E-state index contributed by atoms with van der Waals surface area (Å²) in [4.78, 5) is 0. The summed E-state index contributed by atoms with van der Waals surface area (Å²) >= 11 is 1.72. The van der Waals surface area contributed by atoms with E-state index in [1.54, 1.807) is 24.7 Å². The van der Waals surface area contributed by atoms with Crippen molar-refractivity contribution in [3.05, 3.63) is 84.1 Å². The van der Waals surface area contributed by atoms with Crippen LogP contribution in [0.25, 0.3) is 0 Å². The third-order valence-corrected chi connectivity index (χ3v) is 3.39. The van der Waals surface area contributed by atoms with E-state index in [-0.39, 0.29) is 0 Å². The fourth-order valence-electron chi connectivity index (χ4n) is 2.32. The number of rotatable bonds is 6. The van der Waals surface area contributed by atoms with Gasteiger partial charge >= 0.3 is 29.4 Å². The van der Waals surface area contributed by atoms with Crippen LogP contribution in [0, 0.1) is 30.6 Å². The Morgan fingerprint density at radius 2 is 1.44 bits per heavy atom. The standard InChI is InChI=1S/C19H24.2C2H6.CH3At/c1-7-11-19-16(9-3)13-17(18(19)10-4)12-15(8-2)14(5)6;3*1-2/h7-12,14H,2-4,13H2,1,5-6H3;2*1-2H3;1H3/b11-7-,15-12+;;;. The Labute approximate surface area is 173 Å². The Hall–Kier alpha value is -0.937. The van der Waals surface area contributed by atoms with E-state index < -0.39 is 0 Å². The molecule has 0 nitrogen and oxygen atoms in total. The molecule has 1 rings (SSSR count). The van der Waals surface area contributed by atoms with Crippen molar-refractivity contribution in [2.45, 2.75) is 59.5 Å². The SMILES string of the molecule is C=CC1=C(/C=C\C)C(C=C)=C(/C=C(\C=C)C(C)C)C1.CC.CC.C[At]. The third-order valence-electron chi connectivity index (χ3n) is 3.39. The zero-order valence-electron chi connectivity index (χ0n) is 17.7. The van der Waals surface area contributed by atoms with Crippen molar-refractivity contribution in [2.75, 3.05) is 0 Å². The average molecular weight is 538 g/mol. The first kappa shape index (κ1) is 28.8. The van der Waals surface area contributed by atoms with Crippen LogP contribution in [-0.4, -0.2) is 0 Å². The average Bonchev–Trinajstić information content (AvgIpc) is 3.01. The summed E-state index contributed by atoms with van der Waals surface area (Å²) in [6.45, 7) is 26.2. The van der Waals surface area contributed by atoms with Crippen LogP contribution in [0.4, 0.5) is 0 Å². The predicted molar refractivity (Wildman–Crippen MR) is 116 cm³/mol. The second kappa shape index (κ2) is 19.4. The molecule has 0 atom stereocenters. The minimum atomic E-state index is 0.481. The zero-order chi connectivity index (χ0) is 20.4. The second-order valence-corrected chi connectivity index (χ2v) is 4.97. The van der Waals surface area contributed by atoms with Gasteiger partial charge in [-0.1, -0.05) is 97.7 Å². The molecule has 0 aromatic carbocycles. The van der Waals surface area contributed by atoms with Gasteiger partial charge in [0, 0.05) is 0 Å². The van der Waals surface area contributed by atoms with E-state index in [1.807, 2.05) is 52.8 Å². The second-order valence-electron chi connectivity index (χ2n) is 4.97. The number of hydrogen-bond acceptors (Lipinski definition) is 0. The van der Waals surface area contributed by atoms with Crippen LogP contribution in [0.1, 0.15) is 54.9 Å². The van der Waals surface area contributed by atoms with Gasteiger partial charge in [0.25, 0.3) is 0 Å². The molecule has 1 aliphatic rings. The molecule has 1 heteroatoms. The van der Waals surface area contributed by atoms with Crippen LogP contribution in [0.15, 0.2) is 84.1 Å². The van der Waals surface area contributed by atoms with Gasteiger partial charge in [-0.15, -0.1) is 0 Å². The van der Waals surface area contributed by atoms with Gasteiger partial charge in [-0.25, -0.2) is 0 Å². The van der Waals surface area contributed by atoms with Gasteiger partial charge in [0.15, 0.2) is 0 Å². The Morgan fingerprint density at radius 1 is 0.920 bits per heavy atom. The molecule has 0 aliphatic heterocycles. The van der Waals surface area contributed by atoms with Crippen molar-refractivity contribution in [1.82, 2.24) is 0 Å². The maximum atomic E-state index is 3.96. The Balaban J connectivity index is -0.000000725. The van der Waals surface area contributed by atoms with Crippen LogP contribution in [0.3, 0.4) is 0 Å². The van der Waals surface area contributed by atoms with Crippen molar-refractivity contribution in [3.8, 4) is 0 Å². The van der Waals surface area contributed by atoms with Crippen LogP contribution < -0.4 is 0 Å². The van der Waals surface area contributed by atoms with Crippen LogP contribution >= 0.6 is 0 Å². The first-order valence-electron chi connectivity index (χ1n) is 9.15. The topological polar surface area (TPSA) is 0 Å². The molecule has 0 radical (unpaired) electrons. The molecule has 0 N–H and O–H groups in total. The molecule has 0 unspecified atom stereocenters. The molecule has 0 fully saturated rings. The summed E-state index contributed by atoms with van der Waals surface area (Å²) in [7, 11) is 0. The summed E-state index contributed by atoms with van der Waals surface area (Å²) in [5.74, 6) is 0.481. The summed E-state index contributed by atoms with van der Waals surface area (Å²) in [6, 6.07) is 0. The van der Waals surface area contributed by atoms with Gasteiger partial charge in [0.2, 0.25) is 0 Å². The van der Waals surface area contributed by atoms with Crippen LogP contribution in [0.5, 0.6) is 0 Å². The van der Waals surface area contributed by atoms with Crippen LogP contribution in [0.2, 0.25) is 4.63 Å².